The van der Waals surface area contributed by atoms with Gasteiger partial charge in [-0.25, -0.2) is 8.42 Å². The van der Waals surface area contributed by atoms with Crippen molar-refractivity contribution in [2.45, 2.75) is 4.21 Å². The maximum absolute atomic E-state index is 11.2. The predicted octanol–water partition coefficient (Wildman–Crippen LogP) is 1.07. The smallest absolute Gasteiger partial charge is 0.271 e. The third kappa shape index (κ3) is 1.92. The Labute approximate surface area is 89.2 Å². The average molecular weight is 246 g/mol. The molecule has 0 aromatic carbocycles. The minimum absolute atomic E-state index is 0.0106. The van der Waals surface area contributed by atoms with Crippen LogP contribution in [0, 0.1) is 0 Å². The summed E-state index contributed by atoms with van der Waals surface area (Å²) < 4.78 is 27.2. The first kappa shape index (κ1) is 10.3. The molecule has 0 unspecified atom stereocenters. The largest absolute Gasteiger partial charge is 0.355 e. The van der Waals surface area contributed by atoms with Gasteiger partial charge in [-0.3, -0.25) is 0 Å². The highest BCUT2D eigenvalue weighted by Crippen LogP contribution is 2.29. The molecule has 0 fully saturated rings. The molecule has 0 aliphatic rings. The molecule has 2 heterocycles. The van der Waals surface area contributed by atoms with Crippen molar-refractivity contribution < 1.29 is 18.1 Å². The standard InChI is InChI=1S/C7H6N2O4S2/c10-9-15(11,12)7-2-1-6(14-7)5-3-4-8-13-5/h1-4,9-10H. The zero-order valence-electron chi connectivity index (χ0n) is 7.25. The van der Waals surface area contributed by atoms with Crippen molar-refractivity contribution in [1.82, 2.24) is 10.0 Å². The Morgan fingerprint density at radius 3 is 2.80 bits per heavy atom. The summed E-state index contributed by atoms with van der Waals surface area (Å²) in [5, 5.41) is 11.9. The molecule has 2 rings (SSSR count). The lowest BCUT2D eigenvalue weighted by Crippen LogP contribution is -2.17. The van der Waals surface area contributed by atoms with Gasteiger partial charge in [-0.05, 0) is 12.1 Å². The van der Waals surface area contributed by atoms with E-state index < -0.39 is 10.0 Å². The molecule has 2 aromatic rings. The first-order valence-corrected chi connectivity index (χ1v) is 6.10. The van der Waals surface area contributed by atoms with E-state index in [4.69, 9.17) is 9.73 Å². The summed E-state index contributed by atoms with van der Waals surface area (Å²) in [6, 6.07) is 4.57. The van der Waals surface area contributed by atoms with Crippen molar-refractivity contribution in [3.8, 4) is 10.6 Å². The Hall–Kier alpha value is -1.22. The van der Waals surface area contributed by atoms with Crippen LogP contribution in [0.15, 0.2) is 33.1 Å². The summed E-state index contributed by atoms with van der Waals surface area (Å²) >= 11 is 0.978. The number of nitrogens with zero attached hydrogens (tertiary/aromatic N) is 1. The number of sulfonamides is 1. The quantitative estimate of drug-likeness (QED) is 0.790. The van der Waals surface area contributed by atoms with E-state index in [2.05, 4.69) is 5.16 Å². The second kappa shape index (κ2) is 3.74. The van der Waals surface area contributed by atoms with Gasteiger partial charge < -0.3 is 9.73 Å². The van der Waals surface area contributed by atoms with E-state index in [1.807, 2.05) is 0 Å². The number of rotatable bonds is 3. The minimum atomic E-state index is -3.81. The Balaban J connectivity index is 2.41. The summed E-state index contributed by atoms with van der Waals surface area (Å²) in [7, 11) is -3.81. The minimum Gasteiger partial charge on any atom is -0.355 e. The average Bonchev–Trinajstić information content (AvgIpc) is 2.88. The van der Waals surface area contributed by atoms with Crippen molar-refractivity contribution in [3.05, 3.63) is 24.4 Å². The Morgan fingerprint density at radius 2 is 2.20 bits per heavy atom. The summed E-state index contributed by atoms with van der Waals surface area (Å²) in [4.78, 5) is 1.88. The number of hydrogen-bond donors (Lipinski definition) is 2. The lowest BCUT2D eigenvalue weighted by Gasteiger charge is -1.94. The van der Waals surface area contributed by atoms with Gasteiger partial charge in [0.2, 0.25) is 0 Å². The molecule has 0 saturated carbocycles. The molecule has 0 bridgehead atoms. The van der Waals surface area contributed by atoms with E-state index in [9.17, 15) is 8.42 Å². The Kier molecular flexibility index (Phi) is 2.57. The lowest BCUT2D eigenvalue weighted by atomic mass is 10.4. The summed E-state index contributed by atoms with van der Waals surface area (Å²) in [5.41, 5.74) is 0. The van der Waals surface area contributed by atoms with E-state index in [0.29, 0.717) is 10.6 Å². The van der Waals surface area contributed by atoms with Gasteiger partial charge in [-0.15, -0.1) is 11.3 Å². The fourth-order valence-corrected chi connectivity index (χ4v) is 2.84. The van der Waals surface area contributed by atoms with Gasteiger partial charge in [0.15, 0.2) is 5.76 Å². The maximum atomic E-state index is 11.2. The summed E-state index contributed by atoms with van der Waals surface area (Å²) in [6.07, 6.45) is 1.47. The van der Waals surface area contributed by atoms with Crippen LogP contribution in [-0.2, 0) is 10.0 Å². The number of nitrogens with one attached hydrogen (secondary N) is 1. The van der Waals surface area contributed by atoms with Crippen molar-refractivity contribution >= 4 is 21.4 Å². The topological polar surface area (TPSA) is 92.4 Å². The van der Waals surface area contributed by atoms with Crippen LogP contribution in [-0.4, -0.2) is 18.8 Å². The van der Waals surface area contributed by atoms with Gasteiger partial charge in [0, 0.05) is 6.07 Å². The van der Waals surface area contributed by atoms with Crippen LogP contribution < -0.4 is 4.89 Å². The van der Waals surface area contributed by atoms with Crippen molar-refractivity contribution in [2.24, 2.45) is 0 Å². The van der Waals surface area contributed by atoms with E-state index >= 15 is 0 Å². The Morgan fingerprint density at radius 1 is 1.40 bits per heavy atom. The van der Waals surface area contributed by atoms with E-state index in [-0.39, 0.29) is 4.21 Å². The molecule has 80 valence electrons. The molecule has 2 aromatic heterocycles. The highest BCUT2D eigenvalue weighted by atomic mass is 32.2. The normalized spacial score (nSPS) is 11.8. The lowest BCUT2D eigenvalue weighted by molar-refractivity contribution is 0.243. The molecule has 0 radical (unpaired) electrons. The molecular weight excluding hydrogens is 240 g/mol. The first-order chi connectivity index (χ1) is 7.13. The second-order valence-electron chi connectivity index (χ2n) is 2.59. The third-order valence-corrected chi connectivity index (χ3v) is 4.36. The molecule has 8 heteroatoms. The van der Waals surface area contributed by atoms with Gasteiger partial charge in [-0.1, -0.05) is 10.0 Å². The molecule has 0 spiro atoms. The first-order valence-electron chi connectivity index (χ1n) is 3.80. The van der Waals surface area contributed by atoms with Crippen molar-refractivity contribution in [1.29, 1.82) is 0 Å². The van der Waals surface area contributed by atoms with E-state index in [1.54, 1.807) is 12.1 Å². The molecule has 0 aliphatic heterocycles. The maximum Gasteiger partial charge on any atom is 0.271 e. The van der Waals surface area contributed by atoms with Crippen LogP contribution in [0.3, 0.4) is 0 Å². The zero-order valence-corrected chi connectivity index (χ0v) is 8.88. The van der Waals surface area contributed by atoms with Crippen LogP contribution >= 0.6 is 11.3 Å². The van der Waals surface area contributed by atoms with Crippen molar-refractivity contribution in [3.63, 3.8) is 0 Å². The third-order valence-electron chi connectivity index (χ3n) is 1.65. The van der Waals surface area contributed by atoms with Crippen LogP contribution in [0.2, 0.25) is 0 Å². The molecular formula is C7H6N2O4S2. The molecule has 0 amide bonds. The summed E-state index contributed by atoms with van der Waals surface area (Å²) in [5.74, 6) is 0.486. The predicted molar refractivity (Wildman–Crippen MR) is 51.9 cm³/mol. The van der Waals surface area contributed by atoms with E-state index in [1.165, 1.54) is 17.1 Å². The molecule has 0 atom stereocenters. The van der Waals surface area contributed by atoms with Crippen LogP contribution in [0.1, 0.15) is 0 Å². The second-order valence-corrected chi connectivity index (χ2v) is 5.56. The van der Waals surface area contributed by atoms with Gasteiger partial charge in [-0.2, -0.15) is 0 Å². The fraction of sp³-hybridized carbons (Fsp3) is 0. The monoisotopic (exact) mass is 246 g/mol. The SMILES string of the molecule is O=S(=O)(NO)c1ccc(-c2ccno2)s1. The zero-order chi connectivity index (χ0) is 10.9. The van der Waals surface area contributed by atoms with E-state index in [0.717, 1.165) is 11.3 Å². The number of thiophene rings is 1. The summed E-state index contributed by atoms with van der Waals surface area (Å²) in [6.45, 7) is 0. The van der Waals surface area contributed by atoms with Crippen LogP contribution in [0.4, 0.5) is 0 Å². The highest BCUT2D eigenvalue weighted by molar-refractivity contribution is 7.91. The van der Waals surface area contributed by atoms with Gasteiger partial charge >= 0.3 is 0 Å². The Bertz CT molecular complexity index is 543. The van der Waals surface area contributed by atoms with Crippen molar-refractivity contribution in [2.75, 3.05) is 0 Å². The number of hydrogen-bond acceptors (Lipinski definition) is 6. The fourth-order valence-electron chi connectivity index (χ4n) is 0.985. The molecule has 2 N–H and O–H groups in total. The molecule has 0 saturated heterocycles. The van der Waals surface area contributed by atoms with Crippen LogP contribution in [0.5, 0.6) is 0 Å². The molecule has 0 aliphatic carbocycles. The van der Waals surface area contributed by atoms with Crippen LogP contribution in [0.25, 0.3) is 10.6 Å². The van der Waals surface area contributed by atoms with Gasteiger partial charge in [0.1, 0.15) is 4.21 Å². The van der Waals surface area contributed by atoms with Gasteiger partial charge in [0.25, 0.3) is 10.0 Å². The molecule has 6 nitrogen and oxygen atoms in total. The highest BCUT2D eigenvalue weighted by Gasteiger charge is 2.16. The number of aromatic nitrogens is 1. The molecule has 15 heavy (non-hydrogen) atoms. The van der Waals surface area contributed by atoms with Gasteiger partial charge in [0.05, 0.1) is 11.1 Å².